The van der Waals surface area contributed by atoms with Crippen LogP contribution in [-0.2, 0) is 4.74 Å². The number of likely N-dealkylation sites (N-methyl/N-ethyl adjacent to an activating group) is 1. The quantitative estimate of drug-likeness (QED) is 0.837. The molecule has 0 spiro atoms. The van der Waals surface area contributed by atoms with Crippen LogP contribution in [0.5, 0.6) is 0 Å². The molecule has 2 unspecified atom stereocenters. The van der Waals surface area contributed by atoms with Crippen molar-refractivity contribution < 1.29 is 4.74 Å². The van der Waals surface area contributed by atoms with Gasteiger partial charge in [-0.05, 0) is 39.4 Å². The molecule has 1 aromatic rings. The molecule has 0 amide bonds. The molecule has 0 radical (unpaired) electrons. The predicted octanol–water partition coefficient (Wildman–Crippen LogP) is 2.67. The fourth-order valence-corrected chi connectivity index (χ4v) is 3.10. The largest absolute Gasteiger partial charge is 0.374 e. The lowest BCUT2D eigenvalue weighted by molar-refractivity contribution is -0.0613. The van der Waals surface area contributed by atoms with Crippen LogP contribution >= 0.6 is 0 Å². The zero-order valence-electron chi connectivity index (χ0n) is 13.3. The maximum atomic E-state index is 6.04. The van der Waals surface area contributed by atoms with Crippen LogP contribution in [0.4, 0.5) is 0 Å². The molecule has 2 rings (SSSR count). The molecule has 3 heteroatoms. The first kappa shape index (κ1) is 15.5. The van der Waals surface area contributed by atoms with Crippen molar-refractivity contribution in [1.29, 1.82) is 0 Å². The highest BCUT2D eigenvalue weighted by Crippen LogP contribution is 2.29. The summed E-state index contributed by atoms with van der Waals surface area (Å²) in [4.78, 5) is 2.43. The van der Waals surface area contributed by atoms with Gasteiger partial charge in [0, 0.05) is 13.1 Å². The van der Waals surface area contributed by atoms with Gasteiger partial charge in [0.1, 0.15) is 0 Å². The second-order valence-corrected chi connectivity index (χ2v) is 5.96. The van der Waals surface area contributed by atoms with Gasteiger partial charge in [0.25, 0.3) is 0 Å². The molecule has 2 atom stereocenters. The van der Waals surface area contributed by atoms with E-state index >= 15 is 0 Å². The van der Waals surface area contributed by atoms with Crippen molar-refractivity contribution in [2.24, 2.45) is 0 Å². The molecule has 0 aromatic heterocycles. The summed E-state index contributed by atoms with van der Waals surface area (Å²) in [5, 5.41) is 3.50. The lowest BCUT2D eigenvalue weighted by Crippen LogP contribution is -2.47. The molecule has 1 N–H and O–H groups in total. The maximum Gasteiger partial charge on any atom is 0.0896 e. The van der Waals surface area contributed by atoms with Crippen LogP contribution in [0.2, 0.25) is 0 Å². The first-order valence-corrected chi connectivity index (χ1v) is 7.72. The number of nitrogens with one attached hydrogen (secondary N) is 1. The zero-order valence-corrected chi connectivity index (χ0v) is 13.3. The van der Waals surface area contributed by atoms with E-state index in [9.17, 15) is 0 Å². The Morgan fingerprint density at radius 1 is 1.25 bits per heavy atom. The van der Waals surface area contributed by atoms with E-state index < -0.39 is 0 Å². The number of nitrogens with zero attached hydrogens (tertiary/aromatic N) is 1. The predicted molar refractivity (Wildman–Crippen MR) is 84.2 cm³/mol. The maximum absolute atomic E-state index is 6.04. The van der Waals surface area contributed by atoms with Crippen molar-refractivity contribution in [1.82, 2.24) is 10.2 Å². The minimum Gasteiger partial charge on any atom is -0.374 e. The Hall–Kier alpha value is -0.900. The first-order chi connectivity index (χ1) is 9.61. The smallest absolute Gasteiger partial charge is 0.0896 e. The van der Waals surface area contributed by atoms with Gasteiger partial charge >= 0.3 is 0 Å². The number of morpholine rings is 1. The molecule has 1 aliphatic heterocycles. The van der Waals surface area contributed by atoms with Crippen molar-refractivity contribution in [2.75, 3.05) is 33.3 Å². The van der Waals surface area contributed by atoms with Crippen molar-refractivity contribution in [3.8, 4) is 0 Å². The third kappa shape index (κ3) is 3.81. The van der Waals surface area contributed by atoms with E-state index in [2.05, 4.69) is 56.2 Å². The summed E-state index contributed by atoms with van der Waals surface area (Å²) in [6.07, 6.45) is 1.40. The summed E-state index contributed by atoms with van der Waals surface area (Å²) in [6, 6.07) is 7.19. The van der Waals surface area contributed by atoms with Gasteiger partial charge in [0.15, 0.2) is 0 Å². The Morgan fingerprint density at radius 3 is 2.60 bits per heavy atom. The summed E-state index contributed by atoms with van der Waals surface area (Å²) in [7, 11) is 2.21. The SMILES string of the molecule is CCCNCC1OCCN(C)C1c1cc(C)cc(C)c1. The molecular formula is C17H28N2O. The first-order valence-electron chi connectivity index (χ1n) is 7.72. The van der Waals surface area contributed by atoms with E-state index in [0.29, 0.717) is 6.04 Å². The molecule has 0 saturated carbocycles. The van der Waals surface area contributed by atoms with Crippen LogP contribution in [-0.4, -0.2) is 44.3 Å². The second-order valence-electron chi connectivity index (χ2n) is 5.96. The van der Waals surface area contributed by atoms with Gasteiger partial charge in [-0.1, -0.05) is 36.2 Å². The average molecular weight is 276 g/mol. The monoisotopic (exact) mass is 276 g/mol. The van der Waals surface area contributed by atoms with Gasteiger partial charge in [0.2, 0.25) is 0 Å². The van der Waals surface area contributed by atoms with Crippen LogP contribution in [0.1, 0.15) is 36.1 Å². The van der Waals surface area contributed by atoms with Crippen LogP contribution < -0.4 is 5.32 Å². The topological polar surface area (TPSA) is 24.5 Å². The molecule has 3 nitrogen and oxygen atoms in total. The van der Waals surface area contributed by atoms with Gasteiger partial charge in [-0.25, -0.2) is 0 Å². The van der Waals surface area contributed by atoms with E-state index in [0.717, 1.165) is 32.7 Å². The number of rotatable bonds is 5. The van der Waals surface area contributed by atoms with E-state index in [1.807, 2.05) is 0 Å². The van der Waals surface area contributed by atoms with Gasteiger partial charge in [-0.2, -0.15) is 0 Å². The van der Waals surface area contributed by atoms with Gasteiger partial charge < -0.3 is 10.1 Å². The van der Waals surface area contributed by atoms with Gasteiger partial charge in [-0.3, -0.25) is 4.90 Å². The normalized spacial score (nSPS) is 24.0. The second kappa shape index (κ2) is 7.21. The molecule has 1 heterocycles. The third-order valence-electron chi connectivity index (χ3n) is 3.96. The number of hydrogen-bond donors (Lipinski definition) is 1. The molecule has 20 heavy (non-hydrogen) atoms. The van der Waals surface area contributed by atoms with E-state index in [-0.39, 0.29) is 6.10 Å². The summed E-state index contributed by atoms with van der Waals surface area (Å²) >= 11 is 0. The van der Waals surface area contributed by atoms with Gasteiger partial charge in [-0.15, -0.1) is 0 Å². The van der Waals surface area contributed by atoms with Crippen LogP contribution in [0.25, 0.3) is 0 Å². The minimum atomic E-state index is 0.237. The Morgan fingerprint density at radius 2 is 1.95 bits per heavy atom. The Balaban J connectivity index is 2.18. The van der Waals surface area contributed by atoms with Crippen molar-refractivity contribution >= 4 is 0 Å². The molecule has 1 fully saturated rings. The Labute approximate surface area is 123 Å². The molecule has 0 aliphatic carbocycles. The Bertz CT molecular complexity index is 413. The number of benzene rings is 1. The number of hydrogen-bond acceptors (Lipinski definition) is 3. The zero-order chi connectivity index (χ0) is 14.5. The summed E-state index contributed by atoms with van der Waals surface area (Å²) < 4.78 is 6.04. The Kier molecular flexibility index (Phi) is 5.58. The fourth-order valence-electron chi connectivity index (χ4n) is 3.10. The fraction of sp³-hybridized carbons (Fsp3) is 0.647. The molecule has 0 bridgehead atoms. The molecular weight excluding hydrogens is 248 g/mol. The highest BCUT2D eigenvalue weighted by molar-refractivity contribution is 5.31. The summed E-state index contributed by atoms with van der Waals surface area (Å²) in [5.41, 5.74) is 4.05. The lowest BCUT2D eigenvalue weighted by Gasteiger charge is -2.40. The van der Waals surface area contributed by atoms with E-state index in [1.54, 1.807) is 0 Å². The average Bonchev–Trinajstić information content (AvgIpc) is 2.38. The number of aryl methyl sites for hydroxylation is 2. The standard InChI is InChI=1S/C17H28N2O/c1-5-6-18-12-16-17(19(4)7-8-20-16)15-10-13(2)9-14(3)11-15/h9-11,16-18H,5-8,12H2,1-4H3. The molecule has 1 aliphatic rings. The molecule has 1 saturated heterocycles. The molecule has 112 valence electrons. The van der Waals surface area contributed by atoms with E-state index in [1.165, 1.54) is 16.7 Å². The highest BCUT2D eigenvalue weighted by Gasteiger charge is 2.31. The number of ether oxygens (including phenoxy) is 1. The highest BCUT2D eigenvalue weighted by atomic mass is 16.5. The van der Waals surface area contributed by atoms with Crippen molar-refractivity contribution in [2.45, 2.75) is 39.3 Å². The van der Waals surface area contributed by atoms with Crippen LogP contribution in [0.15, 0.2) is 18.2 Å². The summed E-state index contributed by atoms with van der Waals surface area (Å²) in [6.45, 7) is 10.4. The van der Waals surface area contributed by atoms with Gasteiger partial charge in [0.05, 0.1) is 18.8 Å². The summed E-state index contributed by atoms with van der Waals surface area (Å²) in [5.74, 6) is 0. The van der Waals surface area contributed by atoms with Crippen molar-refractivity contribution in [3.05, 3.63) is 34.9 Å². The van der Waals surface area contributed by atoms with Crippen LogP contribution in [0, 0.1) is 13.8 Å². The lowest BCUT2D eigenvalue weighted by atomic mass is 9.95. The third-order valence-corrected chi connectivity index (χ3v) is 3.96. The van der Waals surface area contributed by atoms with E-state index in [4.69, 9.17) is 4.74 Å². The molecule has 1 aromatic carbocycles. The van der Waals surface area contributed by atoms with Crippen molar-refractivity contribution in [3.63, 3.8) is 0 Å². The van der Waals surface area contributed by atoms with Crippen LogP contribution in [0.3, 0.4) is 0 Å². The minimum absolute atomic E-state index is 0.237.